The second-order valence-electron chi connectivity index (χ2n) is 8.92. The zero-order chi connectivity index (χ0) is 20.2. The number of thioether (sulfide) groups is 2. The third-order valence-electron chi connectivity index (χ3n) is 6.96. The van der Waals surface area contributed by atoms with E-state index in [0.717, 1.165) is 43.3 Å². The number of nitrogens with one attached hydrogen (secondary N) is 1. The van der Waals surface area contributed by atoms with E-state index in [1.165, 1.54) is 28.9 Å². The minimum Gasteiger partial charge on any atom is -0.336 e. The second kappa shape index (κ2) is 7.52. The van der Waals surface area contributed by atoms with Gasteiger partial charge in [-0.25, -0.2) is 9.78 Å². The summed E-state index contributed by atoms with van der Waals surface area (Å²) in [6.45, 7) is 5.09. The average molecular weight is 435 g/mol. The second-order valence-corrected chi connectivity index (χ2v) is 12.1. The van der Waals surface area contributed by atoms with Crippen LogP contribution in [0.25, 0.3) is 11.2 Å². The van der Waals surface area contributed by atoms with Crippen molar-refractivity contribution in [3.63, 3.8) is 0 Å². The molecule has 0 radical (unpaired) electrons. The molecule has 1 saturated heterocycles. The number of imidazole rings is 1. The predicted molar refractivity (Wildman–Crippen MR) is 121 cm³/mol. The maximum absolute atomic E-state index is 13.0. The van der Waals surface area contributed by atoms with Gasteiger partial charge in [-0.1, -0.05) is 13.8 Å². The number of H-pyrrole nitrogens is 1. The molecule has 6 nitrogen and oxygen atoms in total. The molecule has 8 heteroatoms. The summed E-state index contributed by atoms with van der Waals surface area (Å²) < 4.78 is 3.56. The van der Waals surface area contributed by atoms with E-state index in [-0.39, 0.29) is 11.2 Å². The van der Waals surface area contributed by atoms with Crippen molar-refractivity contribution >= 4 is 34.7 Å². The van der Waals surface area contributed by atoms with Crippen LogP contribution in [0.5, 0.6) is 0 Å². The van der Waals surface area contributed by atoms with E-state index in [4.69, 9.17) is 4.98 Å². The van der Waals surface area contributed by atoms with Gasteiger partial charge in [0.2, 0.25) is 0 Å². The van der Waals surface area contributed by atoms with Crippen LogP contribution in [0.4, 0.5) is 0 Å². The van der Waals surface area contributed by atoms with E-state index in [2.05, 4.69) is 28.5 Å². The Balaban J connectivity index is 1.48. The van der Waals surface area contributed by atoms with Crippen LogP contribution in [0.1, 0.15) is 64.1 Å². The van der Waals surface area contributed by atoms with Crippen molar-refractivity contribution in [3.8, 4) is 0 Å². The molecule has 5 rings (SSSR count). The van der Waals surface area contributed by atoms with Crippen LogP contribution in [0.15, 0.2) is 9.59 Å². The average Bonchev–Trinajstić information content (AvgIpc) is 3.46. The van der Waals surface area contributed by atoms with Crippen molar-refractivity contribution in [3.05, 3.63) is 26.7 Å². The highest BCUT2D eigenvalue weighted by Crippen LogP contribution is 2.63. The van der Waals surface area contributed by atoms with Crippen LogP contribution >= 0.6 is 23.5 Å². The number of fused-ring (bicyclic) bond motifs is 2. The van der Waals surface area contributed by atoms with Gasteiger partial charge < -0.3 is 4.98 Å². The number of aryl methyl sites for hydroxylation is 1. The summed E-state index contributed by atoms with van der Waals surface area (Å²) in [5.41, 5.74) is 0.634. The van der Waals surface area contributed by atoms with Crippen LogP contribution in [0, 0.1) is 11.8 Å². The van der Waals surface area contributed by atoms with Gasteiger partial charge in [0.1, 0.15) is 11.3 Å². The van der Waals surface area contributed by atoms with Crippen molar-refractivity contribution < 1.29 is 0 Å². The first-order valence-electron chi connectivity index (χ1n) is 11.1. The molecule has 1 unspecified atom stereocenters. The SMILES string of the molecule is CCCn1c(=O)c2[nH]c(C3C[C@@H]4CC5(C[C@@H]4C3)SCCS5)nc2n(CCC)c1=O. The number of rotatable bonds is 5. The molecule has 3 aliphatic rings. The highest BCUT2D eigenvalue weighted by atomic mass is 32.2. The molecule has 0 amide bonds. The van der Waals surface area contributed by atoms with E-state index in [0.29, 0.717) is 34.3 Å². The van der Waals surface area contributed by atoms with Gasteiger partial charge in [0.15, 0.2) is 5.65 Å². The lowest BCUT2D eigenvalue weighted by atomic mass is 10.0. The highest BCUT2D eigenvalue weighted by Gasteiger charge is 2.52. The number of hydrogen-bond donors (Lipinski definition) is 1. The number of nitrogens with zero attached hydrogens (tertiary/aromatic N) is 3. The van der Waals surface area contributed by atoms with Gasteiger partial charge >= 0.3 is 5.69 Å². The third-order valence-corrected chi connectivity index (χ3v) is 10.5. The van der Waals surface area contributed by atoms with Crippen LogP contribution in [0.3, 0.4) is 0 Å². The predicted octanol–water partition coefficient (Wildman–Crippen LogP) is 3.79. The summed E-state index contributed by atoms with van der Waals surface area (Å²) in [5, 5.41) is 0. The lowest BCUT2D eigenvalue weighted by molar-refractivity contribution is 0.457. The number of aromatic amines is 1. The van der Waals surface area contributed by atoms with E-state index in [1.54, 1.807) is 4.57 Å². The maximum atomic E-state index is 13.0. The van der Waals surface area contributed by atoms with Crippen molar-refractivity contribution in [2.45, 2.75) is 75.5 Å². The Hall–Kier alpha value is -1.15. The first kappa shape index (κ1) is 19.8. The molecule has 3 atom stereocenters. The monoisotopic (exact) mass is 434 g/mol. The van der Waals surface area contributed by atoms with Gasteiger partial charge in [0, 0.05) is 30.5 Å². The topological polar surface area (TPSA) is 72.7 Å². The summed E-state index contributed by atoms with van der Waals surface area (Å²) in [5.74, 6) is 5.47. The zero-order valence-corrected chi connectivity index (χ0v) is 18.9. The first-order valence-corrected chi connectivity index (χ1v) is 13.0. The van der Waals surface area contributed by atoms with Crippen molar-refractivity contribution in [1.82, 2.24) is 19.1 Å². The van der Waals surface area contributed by atoms with E-state index >= 15 is 0 Å². The smallest absolute Gasteiger partial charge is 0.332 e. The van der Waals surface area contributed by atoms with Gasteiger partial charge in [-0.05, 0) is 50.4 Å². The Bertz CT molecular complexity index is 1020. The molecule has 158 valence electrons. The molecule has 2 saturated carbocycles. The number of hydrogen-bond acceptors (Lipinski definition) is 5. The van der Waals surface area contributed by atoms with E-state index in [9.17, 15) is 9.59 Å². The first-order chi connectivity index (χ1) is 14.0. The molecule has 0 bridgehead atoms. The van der Waals surface area contributed by atoms with Crippen LogP contribution in [-0.4, -0.2) is 34.7 Å². The Morgan fingerprint density at radius 1 is 1.03 bits per heavy atom. The van der Waals surface area contributed by atoms with Crippen LogP contribution in [0.2, 0.25) is 0 Å². The van der Waals surface area contributed by atoms with Crippen molar-refractivity contribution in [2.75, 3.05) is 11.5 Å². The Kier molecular flexibility index (Phi) is 5.13. The molecule has 0 aromatic carbocycles. The quantitative estimate of drug-likeness (QED) is 0.775. The Labute approximate surface area is 179 Å². The maximum Gasteiger partial charge on any atom is 0.332 e. The summed E-state index contributed by atoms with van der Waals surface area (Å²) in [6.07, 6.45) is 6.58. The summed E-state index contributed by atoms with van der Waals surface area (Å²) in [7, 11) is 0. The molecular formula is C21H30N4O2S2. The summed E-state index contributed by atoms with van der Waals surface area (Å²) in [6, 6.07) is 0. The van der Waals surface area contributed by atoms with Gasteiger partial charge in [-0.3, -0.25) is 13.9 Å². The summed E-state index contributed by atoms with van der Waals surface area (Å²) in [4.78, 5) is 34.0. The van der Waals surface area contributed by atoms with E-state index < -0.39 is 0 Å². The van der Waals surface area contributed by atoms with Crippen LogP contribution in [-0.2, 0) is 13.1 Å². The normalized spacial score (nSPS) is 28.0. The minimum absolute atomic E-state index is 0.214. The molecule has 3 fully saturated rings. The van der Waals surface area contributed by atoms with Gasteiger partial charge in [0.05, 0.1) is 4.08 Å². The van der Waals surface area contributed by atoms with Crippen molar-refractivity contribution in [1.29, 1.82) is 0 Å². The van der Waals surface area contributed by atoms with Crippen LogP contribution < -0.4 is 11.2 Å². The molecule has 3 heterocycles. The molecule has 2 aromatic heterocycles. The van der Waals surface area contributed by atoms with Gasteiger partial charge in [-0.2, -0.15) is 0 Å². The highest BCUT2D eigenvalue weighted by molar-refractivity contribution is 8.21. The molecular weight excluding hydrogens is 404 g/mol. The minimum atomic E-state index is -0.218. The Morgan fingerprint density at radius 2 is 1.66 bits per heavy atom. The summed E-state index contributed by atoms with van der Waals surface area (Å²) >= 11 is 4.37. The number of aromatic nitrogens is 4. The fraction of sp³-hybridized carbons (Fsp3) is 0.762. The molecule has 29 heavy (non-hydrogen) atoms. The fourth-order valence-electron chi connectivity index (χ4n) is 5.77. The fourth-order valence-corrected chi connectivity index (χ4v) is 9.35. The van der Waals surface area contributed by atoms with E-state index in [1.807, 2.05) is 13.8 Å². The molecule has 1 aliphatic heterocycles. The zero-order valence-electron chi connectivity index (χ0n) is 17.3. The Morgan fingerprint density at radius 3 is 2.28 bits per heavy atom. The van der Waals surface area contributed by atoms with Gasteiger partial charge in [-0.15, -0.1) is 23.5 Å². The largest absolute Gasteiger partial charge is 0.336 e. The lowest BCUT2D eigenvalue weighted by Gasteiger charge is -2.22. The van der Waals surface area contributed by atoms with Crippen molar-refractivity contribution in [2.24, 2.45) is 11.8 Å². The third kappa shape index (κ3) is 3.21. The molecule has 2 aromatic rings. The molecule has 1 N–H and O–H groups in total. The van der Waals surface area contributed by atoms with Gasteiger partial charge in [0.25, 0.3) is 5.56 Å². The molecule has 2 aliphatic carbocycles. The standard InChI is InChI=1S/C21H30N4O2S2/c1-3-5-24-18-16(19(26)25(6-4-2)20(24)27)22-17(23-18)13-9-14-11-21(12-15(14)10-13)28-7-8-29-21/h13-15H,3-12H2,1-2H3,(H,22,23)/t13?,14-,15+. The lowest BCUT2D eigenvalue weighted by Crippen LogP contribution is -2.40. The molecule has 1 spiro atoms.